The third-order valence-electron chi connectivity index (χ3n) is 4.57. The number of rotatable bonds is 3. The van der Waals surface area contributed by atoms with Crippen molar-refractivity contribution in [1.82, 2.24) is 15.0 Å². The zero-order chi connectivity index (χ0) is 16.0. The van der Waals surface area contributed by atoms with Crippen LogP contribution in [0.4, 0.5) is 0 Å². The van der Waals surface area contributed by atoms with Crippen LogP contribution in [0.1, 0.15) is 43.5 Å². The Morgan fingerprint density at radius 2 is 1.96 bits per heavy atom. The van der Waals surface area contributed by atoms with Crippen molar-refractivity contribution in [2.24, 2.45) is 5.92 Å². The number of nitrogens with zero attached hydrogens (tertiary/aromatic N) is 3. The third-order valence-corrected chi connectivity index (χ3v) is 5.63. The van der Waals surface area contributed by atoms with E-state index in [-0.39, 0.29) is 0 Å². The van der Waals surface area contributed by atoms with Gasteiger partial charge in [-0.2, -0.15) is 0 Å². The second kappa shape index (κ2) is 5.71. The molecular formula is C18H21N3OS. The monoisotopic (exact) mass is 327 g/mol. The molecular weight excluding hydrogens is 306 g/mol. The molecule has 0 bridgehead atoms. The van der Waals surface area contributed by atoms with Gasteiger partial charge in [0.2, 0.25) is 5.88 Å². The molecule has 0 spiro atoms. The first-order valence-corrected chi connectivity index (χ1v) is 9.12. The van der Waals surface area contributed by atoms with Crippen molar-refractivity contribution in [3.8, 4) is 5.88 Å². The van der Waals surface area contributed by atoms with E-state index in [1.807, 2.05) is 0 Å². The summed E-state index contributed by atoms with van der Waals surface area (Å²) in [6, 6.07) is 0. The van der Waals surface area contributed by atoms with E-state index in [0.29, 0.717) is 11.8 Å². The Morgan fingerprint density at radius 1 is 1.17 bits per heavy atom. The molecule has 5 heteroatoms. The van der Waals surface area contributed by atoms with Crippen molar-refractivity contribution in [1.29, 1.82) is 0 Å². The molecule has 1 aliphatic carbocycles. The maximum Gasteiger partial charge on any atom is 0.234 e. The van der Waals surface area contributed by atoms with Crippen LogP contribution in [0, 0.1) is 5.92 Å². The smallest absolute Gasteiger partial charge is 0.234 e. The normalized spacial score (nSPS) is 14.6. The van der Waals surface area contributed by atoms with Gasteiger partial charge < -0.3 is 4.74 Å². The summed E-state index contributed by atoms with van der Waals surface area (Å²) >= 11 is 1.67. The highest BCUT2D eigenvalue weighted by atomic mass is 32.1. The number of pyridine rings is 1. The molecule has 3 aromatic heterocycles. The predicted molar refractivity (Wildman–Crippen MR) is 94.5 cm³/mol. The largest absolute Gasteiger partial charge is 0.480 e. The van der Waals surface area contributed by atoms with Crippen LogP contribution in [0.2, 0.25) is 0 Å². The van der Waals surface area contributed by atoms with Gasteiger partial charge in [-0.15, -0.1) is 11.3 Å². The molecule has 0 unspecified atom stereocenters. The van der Waals surface area contributed by atoms with E-state index in [0.717, 1.165) is 34.3 Å². The van der Waals surface area contributed by atoms with Gasteiger partial charge in [0.05, 0.1) is 12.6 Å². The second-order valence-corrected chi connectivity index (χ2v) is 7.66. The summed E-state index contributed by atoms with van der Waals surface area (Å²) in [5.74, 6) is 1.28. The van der Waals surface area contributed by atoms with Gasteiger partial charge in [-0.25, -0.2) is 15.0 Å². The molecule has 120 valence electrons. The lowest BCUT2D eigenvalue weighted by molar-refractivity contribution is 0.403. The van der Waals surface area contributed by atoms with Crippen LogP contribution >= 0.6 is 11.3 Å². The fourth-order valence-electron chi connectivity index (χ4n) is 3.62. The molecule has 0 aromatic carbocycles. The van der Waals surface area contributed by atoms with Crippen molar-refractivity contribution < 1.29 is 4.74 Å². The molecule has 0 N–H and O–H groups in total. The van der Waals surface area contributed by atoms with Crippen LogP contribution in [-0.2, 0) is 19.3 Å². The third kappa shape index (κ3) is 2.38. The van der Waals surface area contributed by atoms with Gasteiger partial charge in [0.1, 0.15) is 15.9 Å². The number of thiophene rings is 1. The van der Waals surface area contributed by atoms with Crippen LogP contribution in [-0.4, -0.2) is 22.1 Å². The number of aryl methyl sites for hydroxylation is 1. The summed E-state index contributed by atoms with van der Waals surface area (Å²) in [6.45, 7) is 4.53. The van der Waals surface area contributed by atoms with Gasteiger partial charge in [0.25, 0.3) is 0 Å². The van der Waals surface area contributed by atoms with Gasteiger partial charge >= 0.3 is 0 Å². The minimum absolute atomic E-state index is 0.620. The Morgan fingerprint density at radius 3 is 2.70 bits per heavy atom. The molecule has 3 aromatic rings. The minimum Gasteiger partial charge on any atom is -0.480 e. The first kappa shape index (κ1) is 14.8. The topological polar surface area (TPSA) is 47.9 Å². The van der Waals surface area contributed by atoms with Gasteiger partial charge in [-0.3, -0.25) is 0 Å². The Labute approximate surface area is 139 Å². The summed E-state index contributed by atoms with van der Waals surface area (Å²) in [5.41, 5.74) is 5.26. The van der Waals surface area contributed by atoms with E-state index < -0.39 is 0 Å². The molecule has 1 aliphatic rings. The predicted octanol–water partition coefficient (Wildman–Crippen LogP) is 4.33. The van der Waals surface area contributed by atoms with Crippen LogP contribution in [0.15, 0.2) is 6.33 Å². The standard InChI is InChI=1S/C18H21N3OS/c1-10(2)8-13-11-6-4-5-7-12(11)14-15-16(23-18(14)21-13)17(22-3)20-9-19-15/h9-10H,4-8H2,1-3H3. The van der Waals surface area contributed by atoms with Gasteiger partial charge in [-0.1, -0.05) is 13.8 Å². The van der Waals surface area contributed by atoms with E-state index >= 15 is 0 Å². The summed E-state index contributed by atoms with van der Waals surface area (Å²) in [5, 5.41) is 1.24. The van der Waals surface area contributed by atoms with Crippen LogP contribution < -0.4 is 4.74 Å². The van der Waals surface area contributed by atoms with Crippen molar-refractivity contribution >= 4 is 31.8 Å². The lowest BCUT2D eigenvalue weighted by Gasteiger charge is -2.20. The summed E-state index contributed by atoms with van der Waals surface area (Å²) < 4.78 is 6.45. The molecule has 4 rings (SSSR count). The lowest BCUT2D eigenvalue weighted by Crippen LogP contribution is -2.11. The fraction of sp³-hybridized carbons (Fsp3) is 0.500. The second-order valence-electron chi connectivity index (χ2n) is 6.66. The van der Waals surface area contributed by atoms with Gasteiger partial charge in [0.15, 0.2) is 0 Å². The number of aromatic nitrogens is 3. The van der Waals surface area contributed by atoms with Crippen molar-refractivity contribution in [2.45, 2.75) is 46.0 Å². The van der Waals surface area contributed by atoms with E-state index in [4.69, 9.17) is 9.72 Å². The Balaban J connectivity index is 2.07. The van der Waals surface area contributed by atoms with E-state index in [1.165, 1.54) is 35.0 Å². The molecule has 0 atom stereocenters. The van der Waals surface area contributed by atoms with Gasteiger partial charge in [0, 0.05) is 11.1 Å². The minimum atomic E-state index is 0.620. The molecule has 0 amide bonds. The Bertz CT molecular complexity index is 885. The van der Waals surface area contributed by atoms with Crippen LogP contribution in [0.3, 0.4) is 0 Å². The molecule has 0 radical (unpaired) electrons. The summed E-state index contributed by atoms with van der Waals surface area (Å²) in [6.07, 6.45) is 7.47. The number of ether oxygens (including phenoxy) is 1. The fourth-order valence-corrected chi connectivity index (χ4v) is 4.76. The Kier molecular flexibility index (Phi) is 3.68. The summed E-state index contributed by atoms with van der Waals surface area (Å²) in [4.78, 5) is 14.9. The van der Waals surface area contributed by atoms with Crippen LogP contribution in [0.25, 0.3) is 20.4 Å². The van der Waals surface area contributed by atoms with E-state index in [9.17, 15) is 0 Å². The number of fused-ring (bicyclic) bond motifs is 5. The molecule has 3 heterocycles. The molecule has 4 nitrogen and oxygen atoms in total. The lowest BCUT2D eigenvalue weighted by atomic mass is 9.87. The first-order valence-electron chi connectivity index (χ1n) is 8.31. The molecule has 0 aliphatic heterocycles. The molecule has 23 heavy (non-hydrogen) atoms. The SMILES string of the molecule is COc1ncnc2c1sc1nc(CC(C)C)c3c(c12)CCCC3. The Hall–Kier alpha value is -1.75. The highest BCUT2D eigenvalue weighted by molar-refractivity contribution is 7.25. The number of methoxy groups -OCH3 is 1. The average Bonchev–Trinajstić information content (AvgIpc) is 2.92. The first-order chi connectivity index (χ1) is 11.2. The number of hydrogen-bond acceptors (Lipinski definition) is 5. The zero-order valence-corrected chi connectivity index (χ0v) is 14.7. The van der Waals surface area contributed by atoms with Crippen molar-refractivity contribution in [3.05, 3.63) is 23.1 Å². The zero-order valence-electron chi connectivity index (χ0n) is 13.8. The maximum atomic E-state index is 5.43. The molecule has 0 saturated carbocycles. The van der Waals surface area contributed by atoms with Gasteiger partial charge in [-0.05, 0) is 49.1 Å². The highest BCUT2D eigenvalue weighted by Crippen LogP contribution is 2.41. The maximum absolute atomic E-state index is 5.43. The van der Waals surface area contributed by atoms with E-state index in [1.54, 1.807) is 24.8 Å². The highest BCUT2D eigenvalue weighted by Gasteiger charge is 2.23. The van der Waals surface area contributed by atoms with Crippen LogP contribution in [0.5, 0.6) is 5.88 Å². The molecule has 0 saturated heterocycles. The average molecular weight is 327 g/mol. The quantitative estimate of drug-likeness (QED) is 0.718. The summed E-state index contributed by atoms with van der Waals surface area (Å²) in [7, 11) is 1.67. The van der Waals surface area contributed by atoms with E-state index in [2.05, 4.69) is 23.8 Å². The number of hydrogen-bond donors (Lipinski definition) is 0. The van der Waals surface area contributed by atoms with Crippen molar-refractivity contribution in [3.63, 3.8) is 0 Å². The van der Waals surface area contributed by atoms with Crippen molar-refractivity contribution in [2.75, 3.05) is 7.11 Å². The molecule has 0 fully saturated rings.